The number of aromatic nitrogens is 4. The second kappa shape index (κ2) is 8.41. The van der Waals surface area contributed by atoms with Crippen molar-refractivity contribution in [2.75, 3.05) is 6.54 Å². The molecule has 1 N–H and O–H groups in total. The van der Waals surface area contributed by atoms with Crippen LogP contribution in [0.3, 0.4) is 0 Å². The molecule has 4 heterocycles. The van der Waals surface area contributed by atoms with Gasteiger partial charge in [-0.1, -0.05) is 35.9 Å². The molecule has 5 rings (SSSR count). The molecule has 0 saturated heterocycles. The highest BCUT2D eigenvalue weighted by Crippen LogP contribution is 2.23. The van der Waals surface area contributed by atoms with Gasteiger partial charge in [0, 0.05) is 45.1 Å². The summed E-state index contributed by atoms with van der Waals surface area (Å²) in [6.07, 6.45) is 2.67. The molecule has 8 heteroatoms. The number of benzene rings is 1. The minimum atomic E-state index is -0.0511. The van der Waals surface area contributed by atoms with Crippen LogP contribution in [0.4, 0.5) is 0 Å². The van der Waals surface area contributed by atoms with Gasteiger partial charge < -0.3 is 14.6 Å². The minimum absolute atomic E-state index is 0.0511. The molecule has 0 aliphatic carbocycles. The van der Waals surface area contributed by atoms with Crippen LogP contribution in [0.5, 0.6) is 0 Å². The van der Waals surface area contributed by atoms with Crippen LogP contribution in [-0.4, -0.2) is 36.5 Å². The number of hydrogen-bond donors (Lipinski definition) is 1. The van der Waals surface area contributed by atoms with E-state index in [1.807, 2.05) is 46.3 Å². The second-order valence-electron chi connectivity index (χ2n) is 8.23. The third-order valence-corrected chi connectivity index (χ3v) is 6.29. The van der Waals surface area contributed by atoms with E-state index in [-0.39, 0.29) is 5.91 Å². The first-order valence-electron chi connectivity index (χ1n) is 10.7. The molecule has 164 valence electrons. The molecule has 0 radical (unpaired) electrons. The van der Waals surface area contributed by atoms with E-state index in [2.05, 4.69) is 39.7 Å². The van der Waals surface area contributed by atoms with E-state index in [1.165, 1.54) is 11.1 Å². The monoisotopic (exact) mass is 448 g/mol. The lowest BCUT2D eigenvalue weighted by Gasteiger charge is -2.28. The number of halogens is 1. The van der Waals surface area contributed by atoms with E-state index < -0.39 is 0 Å². The third-order valence-electron chi connectivity index (χ3n) is 6.06. The van der Waals surface area contributed by atoms with Crippen LogP contribution in [0.25, 0.3) is 5.65 Å². The summed E-state index contributed by atoms with van der Waals surface area (Å²) in [5.74, 6) is -0.0511. The molecule has 1 aliphatic heterocycles. The Labute approximate surface area is 191 Å². The Bertz CT molecular complexity index is 1290. The van der Waals surface area contributed by atoms with Crippen molar-refractivity contribution in [3.05, 3.63) is 87.6 Å². The number of nitrogens with one attached hydrogen (secondary N) is 1. The Morgan fingerprint density at radius 3 is 2.75 bits per heavy atom. The lowest BCUT2D eigenvalue weighted by Crippen LogP contribution is -2.36. The van der Waals surface area contributed by atoms with Crippen LogP contribution in [0.1, 0.15) is 38.7 Å². The van der Waals surface area contributed by atoms with Gasteiger partial charge in [-0.3, -0.25) is 9.48 Å². The Morgan fingerprint density at radius 1 is 1.16 bits per heavy atom. The minimum Gasteiger partial charge on any atom is -0.333 e. The number of hydrogen-bond acceptors (Lipinski definition) is 4. The Balaban J connectivity index is 1.42. The summed E-state index contributed by atoms with van der Waals surface area (Å²) in [6.45, 7) is 4.38. The van der Waals surface area contributed by atoms with Crippen molar-refractivity contribution in [1.29, 1.82) is 0 Å². The Hall–Kier alpha value is -3.16. The van der Waals surface area contributed by atoms with Gasteiger partial charge in [-0.2, -0.15) is 5.10 Å². The van der Waals surface area contributed by atoms with Crippen molar-refractivity contribution in [3.8, 4) is 0 Å². The summed E-state index contributed by atoms with van der Waals surface area (Å²) in [5, 5.41) is 8.51. The van der Waals surface area contributed by atoms with E-state index >= 15 is 0 Å². The van der Waals surface area contributed by atoms with Crippen molar-refractivity contribution >= 4 is 23.2 Å². The summed E-state index contributed by atoms with van der Waals surface area (Å²) in [5.41, 5.74) is 6.55. The SMILES string of the molecule is Cc1cc(CNCc2c(C(=O)N3CCc4ccccc4C3)nc3ccc(Cl)cn23)nn1C. The van der Waals surface area contributed by atoms with Gasteiger partial charge in [-0.25, -0.2) is 4.98 Å². The van der Waals surface area contributed by atoms with Crippen LogP contribution in [0.15, 0.2) is 48.7 Å². The maximum absolute atomic E-state index is 13.5. The molecular weight excluding hydrogens is 424 g/mol. The average molecular weight is 449 g/mol. The van der Waals surface area contributed by atoms with Crippen LogP contribution < -0.4 is 5.32 Å². The lowest BCUT2D eigenvalue weighted by atomic mass is 9.99. The number of carbonyl (C=O) groups is 1. The molecule has 0 fully saturated rings. The van der Waals surface area contributed by atoms with E-state index in [0.29, 0.717) is 42.5 Å². The topological polar surface area (TPSA) is 67.5 Å². The number of rotatable bonds is 5. The maximum Gasteiger partial charge on any atom is 0.274 e. The van der Waals surface area contributed by atoms with Gasteiger partial charge >= 0.3 is 0 Å². The molecular formula is C24H25ClN6O. The highest BCUT2D eigenvalue weighted by molar-refractivity contribution is 6.30. The summed E-state index contributed by atoms with van der Waals surface area (Å²) in [6, 6.07) is 14.0. The number of imidazole rings is 1. The highest BCUT2D eigenvalue weighted by Gasteiger charge is 2.27. The van der Waals surface area contributed by atoms with Crippen LogP contribution in [0, 0.1) is 6.92 Å². The van der Waals surface area contributed by atoms with Crippen molar-refractivity contribution in [3.63, 3.8) is 0 Å². The van der Waals surface area contributed by atoms with Crippen molar-refractivity contribution in [1.82, 2.24) is 29.4 Å². The zero-order valence-corrected chi connectivity index (χ0v) is 18.9. The predicted octanol–water partition coefficient (Wildman–Crippen LogP) is 3.52. The standard InChI is InChI=1S/C24H25ClN6O/c1-16-11-20(28-29(16)2)12-26-13-21-23(27-22-8-7-19(25)15-31(21)22)24(32)30-10-9-17-5-3-4-6-18(17)14-30/h3-8,11,15,26H,9-10,12-14H2,1-2H3. The maximum atomic E-state index is 13.5. The molecule has 1 amide bonds. The molecule has 0 unspecified atom stereocenters. The van der Waals surface area contributed by atoms with Gasteiger partial charge in [0.2, 0.25) is 0 Å². The molecule has 4 aromatic rings. The normalized spacial score (nSPS) is 13.5. The van der Waals surface area contributed by atoms with Crippen LogP contribution >= 0.6 is 11.6 Å². The second-order valence-corrected chi connectivity index (χ2v) is 8.67. The number of nitrogens with zero attached hydrogens (tertiary/aromatic N) is 5. The molecule has 32 heavy (non-hydrogen) atoms. The molecule has 0 saturated carbocycles. The summed E-state index contributed by atoms with van der Waals surface area (Å²) in [7, 11) is 1.93. The Kier molecular flexibility index (Phi) is 5.45. The number of amides is 1. The number of fused-ring (bicyclic) bond motifs is 2. The molecule has 1 aliphatic rings. The van der Waals surface area contributed by atoms with Crippen LogP contribution in [0.2, 0.25) is 5.02 Å². The average Bonchev–Trinajstić information content (AvgIpc) is 3.31. The van der Waals surface area contributed by atoms with Gasteiger partial charge in [0.1, 0.15) is 5.65 Å². The van der Waals surface area contributed by atoms with Gasteiger partial charge in [0.05, 0.1) is 16.4 Å². The zero-order chi connectivity index (χ0) is 22.2. The first-order chi connectivity index (χ1) is 15.5. The van der Waals surface area contributed by atoms with Crippen molar-refractivity contribution in [2.45, 2.75) is 33.0 Å². The molecule has 1 aromatic carbocycles. The smallest absolute Gasteiger partial charge is 0.274 e. The fraction of sp³-hybridized carbons (Fsp3) is 0.292. The van der Waals surface area contributed by atoms with Gasteiger partial charge in [-0.15, -0.1) is 0 Å². The first-order valence-corrected chi connectivity index (χ1v) is 11.1. The Morgan fingerprint density at radius 2 is 1.97 bits per heavy atom. The van der Waals surface area contributed by atoms with E-state index in [9.17, 15) is 4.79 Å². The third kappa shape index (κ3) is 3.89. The lowest BCUT2D eigenvalue weighted by molar-refractivity contribution is 0.0728. The number of pyridine rings is 1. The molecule has 0 bridgehead atoms. The zero-order valence-electron chi connectivity index (χ0n) is 18.2. The van der Waals surface area contributed by atoms with E-state index in [0.717, 1.165) is 23.5 Å². The molecule has 3 aromatic heterocycles. The molecule has 0 spiro atoms. The van der Waals surface area contributed by atoms with E-state index in [4.69, 9.17) is 11.6 Å². The quantitative estimate of drug-likeness (QED) is 0.507. The number of carbonyl (C=O) groups excluding carboxylic acids is 1. The fourth-order valence-electron chi connectivity index (χ4n) is 4.26. The molecule has 7 nitrogen and oxygen atoms in total. The van der Waals surface area contributed by atoms with Crippen molar-refractivity contribution < 1.29 is 4.79 Å². The predicted molar refractivity (Wildman–Crippen MR) is 124 cm³/mol. The first kappa shape index (κ1) is 20.7. The van der Waals surface area contributed by atoms with Gasteiger partial charge in [0.25, 0.3) is 5.91 Å². The van der Waals surface area contributed by atoms with Crippen LogP contribution in [-0.2, 0) is 33.1 Å². The number of aryl methyl sites for hydroxylation is 2. The summed E-state index contributed by atoms with van der Waals surface area (Å²) >= 11 is 6.26. The highest BCUT2D eigenvalue weighted by atomic mass is 35.5. The van der Waals surface area contributed by atoms with Gasteiger partial charge in [-0.05, 0) is 42.7 Å². The summed E-state index contributed by atoms with van der Waals surface area (Å²) < 4.78 is 3.76. The molecule has 0 atom stereocenters. The van der Waals surface area contributed by atoms with E-state index in [1.54, 1.807) is 6.07 Å². The van der Waals surface area contributed by atoms with Gasteiger partial charge in [0.15, 0.2) is 5.69 Å². The summed E-state index contributed by atoms with van der Waals surface area (Å²) in [4.78, 5) is 20.1. The van der Waals surface area contributed by atoms with Crippen molar-refractivity contribution in [2.24, 2.45) is 7.05 Å². The fourth-order valence-corrected chi connectivity index (χ4v) is 4.42. The largest absolute Gasteiger partial charge is 0.333 e.